The normalized spacial score (nSPS) is 10.6. The number of nitrogens with one attached hydrogen (secondary N) is 1. The molecular formula is C8H8BNO3. The second kappa shape index (κ2) is 2.79. The summed E-state index contributed by atoms with van der Waals surface area (Å²) in [6.45, 7) is 0. The highest BCUT2D eigenvalue weighted by atomic mass is 16.4. The number of aromatic nitrogens is 1. The molecule has 0 aliphatic carbocycles. The molecule has 0 atom stereocenters. The Labute approximate surface area is 74.6 Å². The molecule has 1 heterocycles. The van der Waals surface area contributed by atoms with Gasteiger partial charge in [0.15, 0.2) is 5.88 Å². The van der Waals surface area contributed by atoms with E-state index in [1.54, 1.807) is 18.2 Å². The Hall–Kier alpha value is -1.46. The Bertz CT molecular complexity index is 438. The monoisotopic (exact) mass is 177 g/mol. The lowest BCUT2D eigenvalue weighted by Gasteiger charge is -1.99. The third-order valence-electron chi connectivity index (χ3n) is 1.96. The van der Waals surface area contributed by atoms with E-state index in [-0.39, 0.29) is 5.88 Å². The first-order valence-corrected chi connectivity index (χ1v) is 3.85. The van der Waals surface area contributed by atoms with E-state index < -0.39 is 7.12 Å². The van der Waals surface area contributed by atoms with Gasteiger partial charge < -0.3 is 20.1 Å². The Morgan fingerprint density at radius 3 is 2.69 bits per heavy atom. The fraction of sp³-hybridized carbons (Fsp3) is 0. The van der Waals surface area contributed by atoms with Crippen molar-refractivity contribution in [1.29, 1.82) is 0 Å². The molecule has 2 rings (SSSR count). The maximum atomic E-state index is 9.14. The summed E-state index contributed by atoms with van der Waals surface area (Å²) in [6.07, 6.45) is 0. The summed E-state index contributed by atoms with van der Waals surface area (Å²) in [5.74, 6) is 0.0168. The molecule has 13 heavy (non-hydrogen) atoms. The quantitative estimate of drug-likeness (QED) is 0.445. The first kappa shape index (κ1) is 8.16. The largest absolute Gasteiger partial charge is 0.495 e. The van der Waals surface area contributed by atoms with Crippen molar-refractivity contribution >= 4 is 23.5 Å². The Balaban J connectivity index is 2.75. The van der Waals surface area contributed by atoms with Crippen LogP contribution in [-0.4, -0.2) is 27.3 Å². The van der Waals surface area contributed by atoms with Gasteiger partial charge in [0.1, 0.15) is 0 Å². The molecule has 0 aliphatic heterocycles. The van der Waals surface area contributed by atoms with E-state index in [9.17, 15) is 0 Å². The topological polar surface area (TPSA) is 76.5 Å². The van der Waals surface area contributed by atoms with Gasteiger partial charge in [-0.1, -0.05) is 12.1 Å². The number of H-pyrrole nitrogens is 1. The fourth-order valence-electron chi connectivity index (χ4n) is 1.39. The molecule has 0 saturated heterocycles. The number of aromatic hydroxyl groups is 1. The Morgan fingerprint density at radius 2 is 2.00 bits per heavy atom. The first-order chi connectivity index (χ1) is 6.18. The van der Waals surface area contributed by atoms with Crippen molar-refractivity contribution in [2.45, 2.75) is 0 Å². The second-order valence-corrected chi connectivity index (χ2v) is 2.84. The van der Waals surface area contributed by atoms with Gasteiger partial charge in [0.05, 0.1) is 0 Å². The van der Waals surface area contributed by atoms with Crippen molar-refractivity contribution in [3.05, 3.63) is 24.3 Å². The number of hydrogen-bond acceptors (Lipinski definition) is 3. The van der Waals surface area contributed by atoms with Crippen LogP contribution in [0.4, 0.5) is 0 Å². The molecular weight excluding hydrogens is 169 g/mol. The number of rotatable bonds is 1. The second-order valence-electron chi connectivity index (χ2n) is 2.84. The van der Waals surface area contributed by atoms with Gasteiger partial charge in [-0.15, -0.1) is 0 Å². The van der Waals surface area contributed by atoms with Crippen LogP contribution in [0, 0.1) is 0 Å². The van der Waals surface area contributed by atoms with Gasteiger partial charge in [0.25, 0.3) is 0 Å². The van der Waals surface area contributed by atoms with Gasteiger partial charge in [0.2, 0.25) is 0 Å². The van der Waals surface area contributed by atoms with Gasteiger partial charge in [-0.25, -0.2) is 0 Å². The van der Waals surface area contributed by atoms with Crippen LogP contribution in [0.15, 0.2) is 24.3 Å². The molecule has 0 aliphatic rings. The van der Waals surface area contributed by atoms with Crippen LogP contribution in [0.25, 0.3) is 10.9 Å². The molecule has 5 heteroatoms. The minimum atomic E-state index is -1.51. The van der Waals surface area contributed by atoms with E-state index in [0.29, 0.717) is 16.4 Å². The standard InChI is InChI=1S/C8H8BNO3/c11-8-4-5-6(9(12)13)2-1-3-7(5)10-8/h1-4,10-13H. The molecule has 4 nitrogen and oxygen atoms in total. The van der Waals surface area contributed by atoms with E-state index in [0.717, 1.165) is 0 Å². The van der Waals surface area contributed by atoms with Gasteiger partial charge in [-0.3, -0.25) is 0 Å². The predicted octanol–water partition coefficient (Wildman–Crippen LogP) is -0.447. The van der Waals surface area contributed by atoms with Gasteiger partial charge in [-0.2, -0.15) is 0 Å². The van der Waals surface area contributed by atoms with Crippen LogP contribution in [0.2, 0.25) is 0 Å². The average Bonchev–Trinajstić information content (AvgIpc) is 2.43. The Morgan fingerprint density at radius 1 is 1.23 bits per heavy atom. The summed E-state index contributed by atoms with van der Waals surface area (Å²) in [5.41, 5.74) is 1.07. The lowest BCUT2D eigenvalue weighted by molar-refractivity contribution is 0.426. The van der Waals surface area contributed by atoms with Crippen molar-refractivity contribution in [1.82, 2.24) is 4.98 Å². The molecule has 1 aromatic carbocycles. The molecule has 0 unspecified atom stereocenters. The minimum Gasteiger partial charge on any atom is -0.495 e. The SMILES string of the molecule is OB(O)c1cccc2[nH]c(O)cc12. The minimum absolute atomic E-state index is 0.0168. The van der Waals surface area contributed by atoms with Crippen molar-refractivity contribution in [3.63, 3.8) is 0 Å². The van der Waals surface area contributed by atoms with E-state index in [2.05, 4.69) is 4.98 Å². The summed E-state index contributed by atoms with van der Waals surface area (Å²) in [7, 11) is -1.51. The van der Waals surface area contributed by atoms with Crippen LogP contribution in [0.1, 0.15) is 0 Å². The molecule has 0 amide bonds. The molecule has 0 radical (unpaired) electrons. The van der Waals surface area contributed by atoms with Crippen molar-refractivity contribution in [2.75, 3.05) is 0 Å². The van der Waals surface area contributed by atoms with Gasteiger partial charge in [0, 0.05) is 17.0 Å². The third kappa shape index (κ3) is 1.28. The molecule has 2 aromatic rings. The highest BCUT2D eigenvalue weighted by Gasteiger charge is 2.15. The maximum Gasteiger partial charge on any atom is 0.489 e. The fourth-order valence-corrected chi connectivity index (χ4v) is 1.39. The lowest BCUT2D eigenvalue weighted by atomic mass is 9.78. The summed E-state index contributed by atoms with van der Waals surface area (Å²) in [5, 5.41) is 27.7. The van der Waals surface area contributed by atoms with Crippen LogP contribution in [-0.2, 0) is 0 Å². The highest BCUT2D eigenvalue weighted by molar-refractivity contribution is 6.61. The smallest absolute Gasteiger partial charge is 0.489 e. The molecule has 4 N–H and O–H groups in total. The molecule has 1 aromatic heterocycles. The molecule has 0 saturated carbocycles. The predicted molar refractivity (Wildman–Crippen MR) is 49.8 cm³/mol. The van der Waals surface area contributed by atoms with Crippen molar-refractivity contribution < 1.29 is 15.2 Å². The number of aromatic amines is 1. The van der Waals surface area contributed by atoms with Crippen molar-refractivity contribution in [2.24, 2.45) is 0 Å². The van der Waals surface area contributed by atoms with Gasteiger partial charge in [-0.05, 0) is 11.5 Å². The molecule has 66 valence electrons. The van der Waals surface area contributed by atoms with Crippen LogP contribution < -0.4 is 5.46 Å². The first-order valence-electron chi connectivity index (χ1n) is 3.85. The van der Waals surface area contributed by atoms with Gasteiger partial charge >= 0.3 is 7.12 Å². The summed E-state index contributed by atoms with van der Waals surface area (Å²) < 4.78 is 0. The number of hydrogen-bond donors (Lipinski definition) is 4. The number of benzene rings is 1. The Kier molecular flexibility index (Phi) is 1.75. The molecule has 0 spiro atoms. The zero-order chi connectivity index (χ0) is 9.42. The molecule has 0 bridgehead atoms. The van der Waals surface area contributed by atoms with E-state index in [1.807, 2.05) is 0 Å². The van der Waals surface area contributed by atoms with Crippen molar-refractivity contribution in [3.8, 4) is 5.88 Å². The van der Waals surface area contributed by atoms with Crippen LogP contribution in [0.5, 0.6) is 5.88 Å². The number of fused-ring (bicyclic) bond motifs is 1. The zero-order valence-corrected chi connectivity index (χ0v) is 6.73. The average molecular weight is 177 g/mol. The summed E-state index contributed by atoms with van der Waals surface area (Å²) in [4.78, 5) is 2.69. The van der Waals surface area contributed by atoms with E-state index >= 15 is 0 Å². The highest BCUT2D eigenvalue weighted by Crippen LogP contribution is 2.17. The van der Waals surface area contributed by atoms with Crippen LogP contribution in [0.3, 0.4) is 0 Å². The van der Waals surface area contributed by atoms with E-state index in [4.69, 9.17) is 15.2 Å². The molecule has 0 fully saturated rings. The zero-order valence-electron chi connectivity index (χ0n) is 6.73. The van der Waals surface area contributed by atoms with Crippen LogP contribution >= 0.6 is 0 Å². The lowest BCUT2D eigenvalue weighted by Crippen LogP contribution is -2.29. The summed E-state index contributed by atoms with van der Waals surface area (Å²) in [6, 6.07) is 6.50. The van der Waals surface area contributed by atoms with E-state index in [1.165, 1.54) is 6.07 Å². The maximum absolute atomic E-state index is 9.14. The summed E-state index contributed by atoms with van der Waals surface area (Å²) >= 11 is 0. The third-order valence-corrected chi connectivity index (χ3v) is 1.96.